The van der Waals surface area contributed by atoms with E-state index in [9.17, 15) is 19.5 Å². The van der Waals surface area contributed by atoms with Crippen molar-refractivity contribution in [1.82, 2.24) is 0 Å². The molecule has 3 N–H and O–H groups in total. The van der Waals surface area contributed by atoms with Crippen LogP contribution in [0.2, 0.25) is 5.02 Å². The van der Waals surface area contributed by atoms with E-state index in [0.717, 1.165) is 25.7 Å². The molecule has 2 amide bonds. The van der Waals surface area contributed by atoms with Crippen molar-refractivity contribution in [3.05, 3.63) is 23.2 Å². The Hall–Kier alpha value is -2.08. The highest BCUT2D eigenvalue weighted by molar-refractivity contribution is 6.33. The maximum atomic E-state index is 12.4. The first-order valence-electron chi connectivity index (χ1n) is 8.43. The fourth-order valence-corrected chi connectivity index (χ4v) is 3.44. The second-order valence-corrected chi connectivity index (χ2v) is 7.01. The summed E-state index contributed by atoms with van der Waals surface area (Å²) in [5, 5.41) is 15.3. The highest BCUT2D eigenvalue weighted by Crippen LogP contribution is 2.39. The molecule has 136 valence electrons. The molecule has 0 radical (unpaired) electrons. The van der Waals surface area contributed by atoms with E-state index >= 15 is 0 Å². The highest BCUT2D eigenvalue weighted by atomic mass is 35.5. The molecule has 0 unspecified atom stereocenters. The summed E-state index contributed by atoms with van der Waals surface area (Å²) in [6, 6.07) is 4.75. The third-order valence-electron chi connectivity index (χ3n) is 4.57. The lowest BCUT2D eigenvalue weighted by Crippen LogP contribution is -2.35. The van der Waals surface area contributed by atoms with Crippen molar-refractivity contribution >= 4 is 40.8 Å². The van der Waals surface area contributed by atoms with Crippen molar-refractivity contribution in [2.24, 2.45) is 5.41 Å². The average Bonchev–Trinajstić information content (AvgIpc) is 2.76. The number of aliphatic carboxylic acids is 1. The van der Waals surface area contributed by atoms with Gasteiger partial charge in [0.15, 0.2) is 0 Å². The molecule has 1 fully saturated rings. The Labute approximate surface area is 151 Å². The number of benzene rings is 1. The van der Waals surface area contributed by atoms with Gasteiger partial charge in [0.25, 0.3) is 0 Å². The van der Waals surface area contributed by atoms with E-state index in [-0.39, 0.29) is 18.2 Å². The largest absolute Gasteiger partial charge is 0.481 e. The van der Waals surface area contributed by atoms with Crippen molar-refractivity contribution in [2.75, 3.05) is 10.6 Å². The minimum absolute atomic E-state index is 0.0551. The SMILES string of the molecule is CC(=O)Nc1cc(NC(=O)CC2(C(=O)O)CCCCCC2)ccc1Cl. The molecule has 7 heteroatoms. The lowest BCUT2D eigenvalue weighted by Gasteiger charge is -2.27. The van der Waals surface area contributed by atoms with Gasteiger partial charge in [0.1, 0.15) is 0 Å². The van der Waals surface area contributed by atoms with Crippen LogP contribution in [0.5, 0.6) is 0 Å². The average molecular weight is 367 g/mol. The van der Waals surface area contributed by atoms with Gasteiger partial charge in [-0.15, -0.1) is 0 Å². The van der Waals surface area contributed by atoms with Crippen LogP contribution < -0.4 is 10.6 Å². The van der Waals surface area contributed by atoms with Crippen molar-refractivity contribution in [3.63, 3.8) is 0 Å². The van der Waals surface area contributed by atoms with E-state index < -0.39 is 11.4 Å². The standard InChI is InChI=1S/C18H23ClN2O4/c1-12(22)20-15-10-13(6-7-14(15)19)21-16(23)11-18(17(24)25)8-4-2-3-5-9-18/h6-7,10H,2-5,8-9,11H2,1H3,(H,20,22)(H,21,23)(H,24,25). The second kappa shape index (κ2) is 8.34. The normalized spacial score (nSPS) is 16.6. The van der Waals surface area contributed by atoms with E-state index in [1.54, 1.807) is 18.2 Å². The van der Waals surface area contributed by atoms with Gasteiger partial charge in [-0.05, 0) is 31.0 Å². The summed E-state index contributed by atoms with van der Waals surface area (Å²) in [7, 11) is 0. The zero-order valence-electron chi connectivity index (χ0n) is 14.2. The Morgan fingerprint density at radius 3 is 2.32 bits per heavy atom. The molecule has 1 saturated carbocycles. The van der Waals surface area contributed by atoms with Gasteiger partial charge in [-0.25, -0.2) is 0 Å². The first-order valence-corrected chi connectivity index (χ1v) is 8.81. The Morgan fingerprint density at radius 2 is 1.76 bits per heavy atom. The van der Waals surface area contributed by atoms with Crippen molar-refractivity contribution in [2.45, 2.75) is 51.9 Å². The maximum absolute atomic E-state index is 12.4. The number of rotatable bonds is 5. The number of carboxylic acid groups (broad SMARTS) is 1. The number of hydrogen-bond donors (Lipinski definition) is 3. The minimum atomic E-state index is -0.993. The fraction of sp³-hybridized carbons (Fsp3) is 0.500. The molecular weight excluding hydrogens is 344 g/mol. The summed E-state index contributed by atoms with van der Waals surface area (Å²) < 4.78 is 0. The minimum Gasteiger partial charge on any atom is -0.481 e. The number of carboxylic acids is 1. The Balaban J connectivity index is 2.10. The molecule has 0 aliphatic heterocycles. The van der Waals surface area contributed by atoms with Crippen LogP contribution in [0.15, 0.2) is 18.2 Å². The van der Waals surface area contributed by atoms with Gasteiger partial charge in [-0.2, -0.15) is 0 Å². The number of amides is 2. The van der Waals surface area contributed by atoms with Crippen LogP contribution in [-0.2, 0) is 14.4 Å². The number of anilines is 2. The molecule has 1 aromatic carbocycles. The van der Waals surface area contributed by atoms with Gasteiger partial charge in [-0.3, -0.25) is 14.4 Å². The zero-order chi connectivity index (χ0) is 18.4. The molecule has 0 bridgehead atoms. The van der Waals surface area contributed by atoms with E-state index in [2.05, 4.69) is 10.6 Å². The van der Waals surface area contributed by atoms with E-state index in [0.29, 0.717) is 29.2 Å². The van der Waals surface area contributed by atoms with Crippen molar-refractivity contribution in [1.29, 1.82) is 0 Å². The monoisotopic (exact) mass is 366 g/mol. The molecular formula is C18H23ClN2O4. The second-order valence-electron chi connectivity index (χ2n) is 6.60. The van der Waals surface area contributed by atoms with Gasteiger partial charge in [0.05, 0.1) is 16.1 Å². The number of nitrogens with one attached hydrogen (secondary N) is 2. The molecule has 25 heavy (non-hydrogen) atoms. The summed E-state index contributed by atoms with van der Waals surface area (Å²) in [5.41, 5.74) is -0.130. The smallest absolute Gasteiger partial charge is 0.310 e. The van der Waals surface area contributed by atoms with E-state index in [1.165, 1.54) is 6.92 Å². The van der Waals surface area contributed by atoms with Gasteiger partial charge in [0, 0.05) is 19.0 Å². The quantitative estimate of drug-likeness (QED) is 0.685. The molecule has 0 spiro atoms. The molecule has 1 aliphatic rings. The van der Waals surface area contributed by atoms with Crippen molar-refractivity contribution in [3.8, 4) is 0 Å². The summed E-state index contributed by atoms with van der Waals surface area (Å²) in [5.74, 6) is -1.52. The molecule has 0 saturated heterocycles. The summed E-state index contributed by atoms with van der Waals surface area (Å²) >= 11 is 6.01. The first kappa shape index (κ1) is 19.2. The molecule has 6 nitrogen and oxygen atoms in total. The van der Waals surface area contributed by atoms with Crippen LogP contribution in [0.4, 0.5) is 11.4 Å². The van der Waals surface area contributed by atoms with Crippen LogP contribution in [0.25, 0.3) is 0 Å². The number of halogens is 1. The van der Waals surface area contributed by atoms with Crippen LogP contribution in [0.1, 0.15) is 51.9 Å². The lowest BCUT2D eigenvalue weighted by molar-refractivity contribution is -0.152. The van der Waals surface area contributed by atoms with Crippen LogP contribution in [-0.4, -0.2) is 22.9 Å². The van der Waals surface area contributed by atoms with Gasteiger partial charge in [0.2, 0.25) is 11.8 Å². The van der Waals surface area contributed by atoms with Gasteiger partial charge < -0.3 is 15.7 Å². The molecule has 1 aliphatic carbocycles. The predicted molar refractivity (Wildman–Crippen MR) is 96.8 cm³/mol. The van der Waals surface area contributed by atoms with Crippen LogP contribution in [0, 0.1) is 5.41 Å². The molecule has 2 rings (SSSR count). The number of carbonyl (C=O) groups is 3. The number of carbonyl (C=O) groups excluding carboxylic acids is 2. The van der Waals surface area contributed by atoms with Gasteiger partial charge in [-0.1, -0.05) is 37.3 Å². The Bertz CT molecular complexity index is 667. The molecule has 1 aromatic rings. The summed E-state index contributed by atoms with van der Waals surface area (Å²) in [4.78, 5) is 35.4. The Morgan fingerprint density at radius 1 is 1.12 bits per heavy atom. The molecule has 0 atom stereocenters. The lowest BCUT2D eigenvalue weighted by atomic mass is 9.77. The number of hydrogen-bond acceptors (Lipinski definition) is 3. The predicted octanol–water partition coefficient (Wildman–Crippen LogP) is 4.05. The maximum Gasteiger partial charge on any atom is 0.310 e. The van der Waals surface area contributed by atoms with Crippen molar-refractivity contribution < 1.29 is 19.5 Å². The van der Waals surface area contributed by atoms with E-state index in [1.807, 2.05) is 0 Å². The zero-order valence-corrected chi connectivity index (χ0v) is 15.0. The third-order valence-corrected chi connectivity index (χ3v) is 4.90. The van der Waals surface area contributed by atoms with Gasteiger partial charge >= 0.3 is 5.97 Å². The van der Waals surface area contributed by atoms with Crippen LogP contribution >= 0.6 is 11.6 Å². The summed E-state index contributed by atoms with van der Waals surface area (Å²) in [6.45, 7) is 1.37. The topological polar surface area (TPSA) is 95.5 Å². The Kier molecular flexibility index (Phi) is 6.42. The third kappa shape index (κ3) is 5.19. The fourth-order valence-electron chi connectivity index (χ4n) is 3.27. The van der Waals surface area contributed by atoms with Crippen LogP contribution in [0.3, 0.4) is 0 Å². The highest BCUT2D eigenvalue weighted by Gasteiger charge is 2.40. The molecule has 0 aromatic heterocycles. The summed E-state index contributed by atoms with van der Waals surface area (Å²) in [6.07, 6.45) is 4.66. The van der Waals surface area contributed by atoms with E-state index in [4.69, 9.17) is 11.6 Å². The first-order chi connectivity index (χ1) is 11.8. The molecule has 0 heterocycles.